The smallest absolute Gasteiger partial charge is 0.357 e. The molecule has 5 nitrogen and oxygen atoms in total. The third-order valence-electron chi connectivity index (χ3n) is 3.44. The Morgan fingerprint density at radius 2 is 1.62 bits per heavy atom. The average Bonchev–Trinajstić information content (AvgIpc) is 2.59. The highest BCUT2D eigenvalue weighted by molar-refractivity contribution is 9.11. The molecule has 0 aliphatic carbocycles. The van der Waals surface area contributed by atoms with Crippen LogP contribution in [0.5, 0.6) is 5.75 Å². The van der Waals surface area contributed by atoms with Crippen molar-refractivity contribution in [1.29, 1.82) is 0 Å². The van der Waals surface area contributed by atoms with Crippen molar-refractivity contribution in [3.8, 4) is 5.75 Å². The van der Waals surface area contributed by atoms with Crippen LogP contribution >= 0.6 is 51.1 Å². The molecule has 2 aromatic carbocycles. The molecule has 1 unspecified atom stereocenters. The Hall–Kier alpha value is -0.560. The van der Waals surface area contributed by atoms with E-state index in [2.05, 4.69) is 37.2 Å². The SMILES string of the molecule is CCOP(=O)(OCC)C(Nc1cc(Br)c(O)c(Br)c1)c1ccc(Cl)cc1. The van der Waals surface area contributed by atoms with Gasteiger partial charge in [-0.15, -0.1) is 0 Å². The van der Waals surface area contributed by atoms with E-state index in [1.165, 1.54) is 0 Å². The molecule has 9 heteroatoms. The Kier molecular flexibility index (Phi) is 8.01. The van der Waals surface area contributed by atoms with Gasteiger partial charge < -0.3 is 19.5 Å². The number of benzene rings is 2. The summed E-state index contributed by atoms with van der Waals surface area (Å²) >= 11 is 12.6. The predicted molar refractivity (Wildman–Crippen MR) is 112 cm³/mol. The van der Waals surface area contributed by atoms with Crippen LogP contribution in [0.15, 0.2) is 45.3 Å². The molecule has 0 saturated heterocycles. The minimum absolute atomic E-state index is 0.0800. The van der Waals surface area contributed by atoms with Gasteiger partial charge in [0.05, 0.1) is 22.2 Å². The number of anilines is 1. The number of hydrogen-bond donors (Lipinski definition) is 2. The fraction of sp³-hybridized carbons (Fsp3) is 0.294. The summed E-state index contributed by atoms with van der Waals surface area (Å²) < 4.78 is 25.5. The number of aromatic hydroxyl groups is 1. The van der Waals surface area contributed by atoms with Gasteiger partial charge in [0.2, 0.25) is 0 Å². The molecule has 0 heterocycles. The first-order chi connectivity index (χ1) is 12.3. The lowest BCUT2D eigenvalue weighted by atomic mass is 10.2. The van der Waals surface area contributed by atoms with Crippen molar-refractivity contribution in [1.82, 2.24) is 0 Å². The molecule has 2 rings (SSSR count). The Morgan fingerprint density at radius 3 is 2.08 bits per heavy atom. The van der Waals surface area contributed by atoms with Gasteiger partial charge in [-0.2, -0.15) is 0 Å². The van der Waals surface area contributed by atoms with Gasteiger partial charge >= 0.3 is 7.60 Å². The molecule has 2 N–H and O–H groups in total. The highest BCUT2D eigenvalue weighted by atomic mass is 79.9. The molecule has 1 atom stereocenters. The molecular weight excluding hydrogens is 508 g/mol. The van der Waals surface area contributed by atoms with Crippen LogP contribution in [0.1, 0.15) is 25.2 Å². The first-order valence-electron chi connectivity index (χ1n) is 7.89. The van der Waals surface area contributed by atoms with E-state index in [4.69, 9.17) is 20.6 Å². The summed E-state index contributed by atoms with van der Waals surface area (Å²) in [6, 6.07) is 10.4. The molecule has 0 fully saturated rings. The molecule has 0 radical (unpaired) electrons. The molecule has 0 bridgehead atoms. The molecule has 2 aromatic rings. The van der Waals surface area contributed by atoms with E-state index in [9.17, 15) is 9.67 Å². The van der Waals surface area contributed by atoms with Crippen molar-refractivity contribution in [2.75, 3.05) is 18.5 Å². The van der Waals surface area contributed by atoms with Gasteiger partial charge in [0.15, 0.2) is 5.78 Å². The third-order valence-corrected chi connectivity index (χ3v) is 7.20. The zero-order chi connectivity index (χ0) is 19.3. The lowest BCUT2D eigenvalue weighted by Crippen LogP contribution is -2.15. The van der Waals surface area contributed by atoms with Gasteiger partial charge in [-0.05, 0) is 75.5 Å². The lowest BCUT2D eigenvalue weighted by molar-refractivity contribution is 0.214. The number of halogens is 3. The second-order valence-electron chi connectivity index (χ2n) is 5.26. The summed E-state index contributed by atoms with van der Waals surface area (Å²) in [4.78, 5) is 0. The van der Waals surface area contributed by atoms with E-state index < -0.39 is 13.4 Å². The predicted octanol–water partition coefficient (Wildman–Crippen LogP) is 6.95. The van der Waals surface area contributed by atoms with E-state index in [0.717, 1.165) is 0 Å². The summed E-state index contributed by atoms with van der Waals surface area (Å²) in [6.45, 7) is 4.01. The molecule has 142 valence electrons. The Morgan fingerprint density at radius 1 is 1.12 bits per heavy atom. The molecular formula is C17H19Br2ClNO4P. The number of phenolic OH excluding ortho intramolecular Hbond substituents is 1. The van der Waals surface area contributed by atoms with Crippen molar-refractivity contribution in [2.24, 2.45) is 0 Å². The van der Waals surface area contributed by atoms with Crippen molar-refractivity contribution < 1.29 is 18.7 Å². The first kappa shape index (κ1) is 21.7. The number of nitrogens with one attached hydrogen (secondary N) is 1. The van der Waals surface area contributed by atoms with E-state index >= 15 is 0 Å². The number of phenols is 1. The Labute approximate surface area is 174 Å². The summed E-state index contributed by atoms with van der Waals surface area (Å²) in [5.41, 5.74) is 1.33. The maximum atomic E-state index is 13.4. The van der Waals surface area contributed by atoms with Crippen LogP contribution in [0.25, 0.3) is 0 Å². The first-order valence-corrected chi connectivity index (χ1v) is 11.5. The van der Waals surface area contributed by atoms with Gasteiger partial charge in [0.1, 0.15) is 5.75 Å². The van der Waals surface area contributed by atoms with Gasteiger partial charge in [0.25, 0.3) is 0 Å². The van der Waals surface area contributed by atoms with E-state index in [0.29, 0.717) is 25.2 Å². The summed E-state index contributed by atoms with van der Waals surface area (Å²) in [5, 5.41) is 13.7. The standard InChI is InChI=1S/C17H19Br2ClNO4P/c1-3-24-26(23,25-4-2)17(11-5-7-12(20)8-6-11)21-13-9-14(18)16(22)15(19)10-13/h5-10,17,21-22H,3-4H2,1-2H3. The van der Waals surface area contributed by atoms with E-state index in [1.807, 2.05) is 0 Å². The zero-order valence-electron chi connectivity index (χ0n) is 14.2. The van der Waals surface area contributed by atoms with Crippen molar-refractivity contribution >= 4 is 56.7 Å². The topological polar surface area (TPSA) is 67.8 Å². The number of hydrogen-bond acceptors (Lipinski definition) is 5. The zero-order valence-corrected chi connectivity index (χ0v) is 19.0. The molecule has 0 amide bonds. The summed E-state index contributed by atoms with van der Waals surface area (Å²) in [6.07, 6.45) is 0. The largest absolute Gasteiger partial charge is 0.506 e. The molecule has 0 aliphatic heterocycles. The van der Waals surface area contributed by atoms with Crippen LogP contribution in [0.3, 0.4) is 0 Å². The quantitative estimate of drug-likeness (QED) is 0.287. The molecule has 0 aromatic heterocycles. The van der Waals surface area contributed by atoms with Crippen molar-refractivity contribution in [2.45, 2.75) is 19.6 Å². The second-order valence-corrected chi connectivity index (χ2v) is 9.52. The van der Waals surface area contributed by atoms with Crippen LogP contribution in [0.2, 0.25) is 5.02 Å². The molecule has 26 heavy (non-hydrogen) atoms. The normalized spacial score (nSPS) is 12.8. The van der Waals surface area contributed by atoms with Crippen LogP contribution in [-0.4, -0.2) is 18.3 Å². The van der Waals surface area contributed by atoms with Crippen molar-refractivity contribution in [3.63, 3.8) is 0 Å². The van der Waals surface area contributed by atoms with Crippen LogP contribution in [-0.2, 0) is 13.6 Å². The van der Waals surface area contributed by atoms with Gasteiger partial charge in [-0.25, -0.2) is 0 Å². The monoisotopic (exact) mass is 525 g/mol. The van der Waals surface area contributed by atoms with Crippen LogP contribution in [0, 0.1) is 0 Å². The van der Waals surface area contributed by atoms with E-state index in [1.54, 1.807) is 50.2 Å². The number of rotatable bonds is 8. The Bertz CT molecular complexity index is 771. The van der Waals surface area contributed by atoms with Crippen molar-refractivity contribution in [3.05, 3.63) is 55.9 Å². The van der Waals surface area contributed by atoms with Gasteiger partial charge in [0, 0.05) is 10.7 Å². The Balaban J connectivity index is 2.49. The fourth-order valence-corrected chi connectivity index (χ4v) is 5.59. The van der Waals surface area contributed by atoms with Crippen LogP contribution in [0.4, 0.5) is 5.69 Å². The van der Waals surface area contributed by atoms with Gasteiger partial charge in [-0.3, -0.25) is 4.57 Å². The molecule has 0 spiro atoms. The second kappa shape index (κ2) is 9.58. The third kappa shape index (κ3) is 5.24. The summed E-state index contributed by atoms with van der Waals surface area (Å²) in [5.74, 6) is -0.667. The summed E-state index contributed by atoms with van der Waals surface area (Å²) in [7, 11) is -3.52. The van der Waals surface area contributed by atoms with Gasteiger partial charge in [-0.1, -0.05) is 23.7 Å². The molecule has 0 aliphatic rings. The minimum atomic E-state index is -3.52. The average molecular weight is 528 g/mol. The van der Waals surface area contributed by atoms with E-state index in [-0.39, 0.29) is 19.0 Å². The highest BCUT2D eigenvalue weighted by Crippen LogP contribution is 2.61. The fourth-order valence-electron chi connectivity index (χ4n) is 2.34. The minimum Gasteiger partial charge on any atom is -0.506 e. The highest BCUT2D eigenvalue weighted by Gasteiger charge is 2.37. The molecule has 0 saturated carbocycles. The maximum Gasteiger partial charge on any atom is 0.357 e. The van der Waals surface area contributed by atoms with Crippen LogP contribution < -0.4 is 5.32 Å². The lowest BCUT2D eigenvalue weighted by Gasteiger charge is -2.28. The maximum absolute atomic E-state index is 13.4.